The Morgan fingerprint density at radius 3 is 0.879 bits per heavy atom. The van der Waals surface area contributed by atoms with Gasteiger partial charge in [0.15, 0.2) is 12.4 Å². The average Bonchev–Trinajstić information content (AvgIpc) is 3.46. The number of nitrogens with zero attached hydrogens (tertiary/aromatic N) is 1. The van der Waals surface area contributed by atoms with Gasteiger partial charge in [0.2, 0.25) is 0 Å². The van der Waals surface area contributed by atoms with E-state index in [2.05, 4.69) is 50.3 Å². The molecule has 0 radical (unpaired) electrons. The van der Waals surface area contributed by atoms with Gasteiger partial charge in [-0.15, -0.1) is 0 Å². The Balaban J connectivity index is 3.98. The van der Waals surface area contributed by atoms with Gasteiger partial charge in [-0.1, -0.05) is 384 Å². The highest BCUT2D eigenvalue weighted by molar-refractivity contribution is 5.70. The summed E-state index contributed by atoms with van der Waals surface area (Å²) in [5.74, 6) is -2.25. The number of hydrogen-bond acceptors (Lipinski definition) is 8. The summed E-state index contributed by atoms with van der Waals surface area (Å²) in [6, 6.07) is 0. The third-order valence-corrected chi connectivity index (χ3v) is 18.4. The van der Waals surface area contributed by atoms with Crippen LogP contribution in [0.2, 0.25) is 0 Å². The van der Waals surface area contributed by atoms with Crippen molar-refractivity contribution >= 4 is 17.9 Å². The standard InChI is InChI=1S/C82H155NO8/c1-6-8-10-12-14-16-18-20-22-24-26-28-30-32-34-36-38-40-42-44-46-48-50-52-54-56-58-60-62-64-66-68-70-72-79(84)89-76-78(77-90-82(81(86)87)88-75-74-83(3,4)5)91-80(85)73-71-69-67-65-63-61-59-57-55-53-51-49-47-45-43-41-39-37-35-33-31-29-27-25-23-21-19-17-15-13-11-9-7-2/h19,21,25,27,31,33,78,82H,6-18,20,22-24,26,28-30,32,34-77H2,1-5H3/b21-19-,27-25-,33-31-. The van der Waals surface area contributed by atoms with Gasteiger partial charge in [-0.25, -0.2) is 0 Å². The van der Waals surface area contributed by atoms with Crippen molar-refractivity contribution in [1.29, 1.82) is 0 Å². The van der Waals surface area contributed by atoms with Crippen LogP contribution in [-0.2, 0) is 33.3 Å². The molecule has 0 fully saturated rings. The molecule has 2 atom stereocenters. The van der Waals surface area contributed by atoms with E-state index in [0.717, 1.165) is 51.4 Å². The van der Waals surface area contributed by atoms with Gasteiger partial charge in [0.25, 0.3) is 0 Å². The van der Waals surface area contributed by atoms with Gasteiger partial charge in [-0.3, -0.25) is 9.59 Å². The minimum Gasteiger partial charge on any atom is -0.545 e. The summed E-state index contributed by atoms with van der Waals surface area (Å²) in [6.45, 7) is 4.82. The zero-order valence-electron chi connectivity index (χ0n) is 61.5. The van der Waals surface area contributed by atoms with Gasteiger partial charge in [-0.2, -0.15) is 0 Å². The molecule has 0 aromatic heterocycles. The molecule has 0 rings (SSSR count). The number of carboxylic acid groups (broad SMARTS) is 1. The normalized spacial score (nSPS) is 12.8. The average molecular weight is 1280 g/mol. The molecule has 0 N–H and O–H groups in total. The molecule has 0 aliphatic rings. The number of likely N-dealkylation sites (N-methyl/N-ethyl adjacent to an activating group) is 1. The Labute approximate surface area is 566 Å². The van der Waals surface area contributed by atoms with Crippen molar-refractivity contribution in [2.24, 2.45) is 0 Å². The molecule has 0 aliphatic carbocycles. The van der Waals surface area contributed by atoms with Crippen LogP contribution in [0.1, 0.15) is 412 Å². The quantitative estimate of drug-likeness (QED) is 0.0195. The van der Waals surface area contributed by atoms with E-state index >= 15 is 0 Å². The van der Waals surface area contributed by atoms with Crippen LogP contribution in [0.15, 0.2) is 36.5 Å². The van der Waals surface area contributed by atoms with Gasteiger partial charge in [0.05, 0.1) is 40.3 Å². The molecule has 0 saturated heterocycles. The second kappa shape index (κ2) is 73.3. The van der Waals surface area contributed by atoms with Crippen LogP contribution in [0.25, 0.3) is 0 Å². The van der Waals surface area contributed by atoms with Crippen LogP contribution in [-0.4, -0.2) is 82.3 Å². The van der Waals surface area contributed by atoms with Crippen LogP contribution in [0, 0.1) is 0 Å². The van der Waals surface area contributed by atoms with Crippen molar-refractivity contribution in [2.75, 3.05) is 47.5 Å². The predicted octanol–water partition coefficient (Wildman–Crippen LogP) is 24.2. The number of carboxylic acids is 1. The molecule has 0 spiro atoms. The van der Waals surface area contributed by atoms with Crippen LogP contribution in [0.3, 0.4) is 0 Å². The maximum atomic E-state index is 13.0. The van der Waals surface area contributed by atoms with Crippen molar-refractivity contribution in [1.82, 2.24) is 0 Å². The van der Waals surface area contributed by atoms with Crippen molar-refractivity contribution in [3.63, 3.8) is 0 Å². The third-order valence-electron chi connectivity index (χ3n) is 18.4. The largest absolute Gasteiger partial charge is 0.545 e. The lowest BCUT2D eigenvalue weighted by atomic mass is 10.0. The summed E-state index contributed by atoms with van der Waals surface area (Å²) < 4.78 is 22.9. The number of quaternary nitrogens is 1. The maximum Gasteiger partial charge on any atom is 0.306 e. The number of carbonyl (C=O) groups is 3. The predicted molar refractivity (Wildman–Crippen MR) is 389 cm³/mol. The Morgan fingerprint density at radius 2 is 0.593 bits per heavy atom. The number of unbranched alkanes of at least 4 members (excludes halogenated alkanes) is 55. The summed E-state index contributed by atoms with van der Waals surface area (Å²) in [7, 11) is 5.95. The van der Waals surface area contributed by atoms with Gasteiger partial charge >= 0.3 is 11.9 Å². The fraction of sp³-hybridized carbons (Fsp3) is 0.890. The van der Waals surface area contributed by atoms with E-state index < -0.39 is 24.3 Å². The zero-order valence-corrected chi connectivity index (χ0v) is 61.5. The fourth-order valence-electron chi connectivity index (χ4n) is 12.3. The van der Waals surface area contributed by atoms with Crippen molar-refractivity contribution in [3.8, 4) is 0 Å². The lowest BCUT2D eigenvalue weighted by molar-refractivity contribution is -0.870. The molecule has 2 unspecified atom stereocenters. The number of esters is 2. The Morgan fingerprint density at radius 1 is 0.330 bits per heavy atom. The topological polar surface area (TPSA) is 111 Å². The number of aliphatic carboxylic acids is 1. The van der Waals surface area contributed by atoms with Gasteiger partial charge in [0, 0.05) is 12.8 Å². The molecule has 0 bridgehead atoms. The highest BCUT2D eigenvalue weighted by atomic mass is 16.7. The Bertz CT molecular complexity index is 1590. The molecule has 0 saturated carbocycles. The van der Waals surface area contributed by atoms with E-state index in [9.17, 15) is 19.5 Å². The van der Waals surface area contributed by atoms with Gasteiger partial charge < -0.3 is 33.3 Å². The highest BCUT2D eigenvalue weighted by Gasteiger charge is 2.22. The SMILES string of the molecule is CCCCCCC/C=C\C/C=C\C/C=C\CCCCCCCCCCCCCCCCCCCCC(=O)OC(COC(=O)CCCCCCCCCCCCCCCCCCCCCCCCCCCCCCCCCCC)COC(OCC[N+](C)(C)C)C(=O)[O-]. The van der Waals surface area contributed by atoms with E-state index in [4.69, 9.17) is 18.9 Å². The van der Waals surface area contributed by atoms with Crippen LogP contribution < -0.4 is 5.11 Å². The van der Waals surface area contributed by atoms with Crippen LogP contribution >= 0.6 is 0 Å². The number of rotatable bonds is 76. The second-order valence-electron chi connectivity index (χ2n) is 28.7. The third kappa shape index (κ3) is 74.8. The summed E-state index contributed by atoms with van der Waals surface area (Å²) in [6.07, 6.45) is 91.3. The Kier molecular flexibility index (Phi) is 71.3. The lowest BCUT2D eigenvalue weighted by Crippen LogP contribution is -2.44. The first-order valence-electron chi connectivity index (χ1n) is 40.1. The monoisotopic (exact) mass is 1280 g/mol. The summed E-state index contributed by atoms with van der Waals surface area (Å²) >= 11 is 0. The minimum atomic E-state index is -1.62. The molecular formula is C82H155NO8. The number of allylic oxidation sites excluding steroid dienone is 6. The van der Waals surface area contributed by atoms with E-state index in [-0.39, 0.29) is 32.2 Å². The first kappa shape index (κ1) is 88.5. The number of hydrogen-bond donors (Lipinski definition) is 0. The second-order valence-corrected chi connectivity index (χ2v) is 28.7. The molecule has 0 aliphatic heterocycles. The first-order valence-corrected chi connectivity index (χ1v) is 40.1. The van der Waals surface area contributed by atoms with Gasteiger partial charge in [-0.05, 0) is 51.4 Å². The highest BCUT2D eigenvalue weighted by Crippen LogP contribution is 2.20. The number of carbonyl (C=O) groups excluding carboxylic acids is 3. The molecular weight excluding hydrogens is 1130 g/mol. The minimum absolute atomic E-state index is 0.151. The van der Waals surface area contributed by atoms with Crippen LogP contribution in [0.5, 0.6) is 0 Å². The molecule has 9 heteroatoms. The number of ether oxygens (including phenoxy) is 4. The molecule has 536 valence electrons. The zero-order chi connectivity index (χ0) is 66.1. The molecule has 9 nitrogen and oxygen atoms in total. The van der Waals surface area contributed by atoms with Crippen molar-refractivity contribution in [3.05, 3.63) is 36.5 Å². The van der Waals surface area contributed by atoms with Crippen molar-refractivity contribution in [2.45, 2.75) is 424 Å². The first-order chi connectivity index (χ1) is 44.6. The molecule has 0 aromatic rings. The van der Waals surface area contributed by atoms with E-state index in [0.29, 0.717) is 17.4 Å². The molecule has 91 heavy (non-hydrogen) atoms. The Hall–Kier alpha value is -2.49. The maximum absolute atomic E-state index is 13.0. The molecule has 0 heterocycles. The summed E-state index contributed by atoms with van der Waals surface area (Å²) in [5, 5.41) is 11.9. The molecule has 0 aromatic carbocycles. The van der Waals surface area contributed by atoms with Crippen molar-refractivity contribution < 1.29 is 42.9 Å². The fourth-order valence-corrected chi connectivity index (χ4v) is 12.3. The van der Waals surface area contributed by atoms with E-state index in [1.165, 1.54) is 334 Å². The van der Waals surface area contributed by atoms with Gasteiger partial charge in [0.1, 0.15) is 13.2 Å². The lowest BCUT2D eigenvalue weighted by Gasteiger charge is -2.26. The summed E-state index contributed by atoms with van der Waals surface area (Å²) in [4.78, 5) is 37.6. The van der Waals surface area contributed by atoms with E-state index in [1.807, 2.05) is 21.1 Å². The smallest absolute Gasteiger partial charge is 0.306 e. The van der Waals surface area contributed by atoms with Crippen LogP contribution in [0.4, 0.5) is 0 Å². The molecule has 0 amide bonds. The van der Waals surface area contributed by atoms with E-state index in [1.54, 1.807) is 0 Å². The summed E-state index contributed by atoms with van der Waals surface area (Å²) in [5.41, 5.74) is 0.